The number of anilines is 1. The summed E-state index contributed by atoms with van der Waals surface area (Å²) >= 11 is 0. The Hall–Kier alpha value is -1.36. The molecule has 1 aliphatic rings. The Labute approximate surface area is 108 Å². The van der Waals surface area contributed by atoms with E-state index in [0.717, 1.165) is 62.6 Å². The van der Waals surface area contributed by atoms with E-state index in [1.807, 2.05) is 0 Å². The molecule has 100 valence electrons. The van der Waals surface area contributed by atoms with Crippen LogP contribution in [-0.4, -0.2) is 41.0 Å². The SMILES string of the molecule is CCN(CC)CCc1nc2c(c(=O)[nH]1)CCCN2. The molecule has 0 atom stereocenters. The van der Waals surface area contributed by atoms with Crippen LogP contribution in [0.4, 0.5) is 5.82 Å². The number of H-pyrrole nitrogens is 1. The molecule has 0 fully saturated rings. The highest BCUT2D eigenvalue weighted by Crippen LogP contribution is 2.14. The summed E-state index contributed by atoms with van der Waals surface area (Å²) in [5.41, 5.74) is 0.842. The van der Waals surface area contributed by atoms with E-state index in [4.69, 9.17) is 0 Å². The largest absolute Gasteiger partial charge is 0.370 e. The van der Waals surface area contributed by atoms with E-state index in [1.165, 1.54) is 0 Å². The lowest BCUT2D eigenvalue weighted by atomic mass is 10.1. The van der Waals surface area contributed by atoms with Gasteiger partial charge in [0.15, 0.2) is 0 Å². The van der Waals surface area contributed by atoms with Gasteiger partial charge >= 0.3 is 0 Å². The molecular weight excluding hydrogens is 228 g/mol. The topological polar surface area (TPSA) is 61.0 Å². The summed E-state index contributed by atoms with van der Waals surface area (Å²) < 4.78 is 0. The summed E-state index contributed by atoms with van der Waals surface area (Å²) in [6.45, 7) is 8.21. The van der Waals surface area contributed by atoms with Crippen molar-refractivity contribution in [1.29, 1.82) is 0 Å². The number of hydrogen-bond donors (Lipinski definition) is 2. The molecule has 5 heteroatoms. The second-order valence-electron chi connectivity index (χ2n) is 4.65. The minimum absolute atomic E-state index is 0.0294. The molecule has 0 saturated carbocycles. The predicted molar refractivity (Wildman–Crippen MR) is 73.2 cm³/mol. The van der Waals surface area contributed by atoms with Crippen molar-refractivity contribution >= 4 is 5.82 Å². The first-order chi connectivity index (χ1) is 8.74. The first kappa shape index (κ1) is 13.1. The predicted octanol–water partition coefficient (Wildman–Crippen LogP) is 1.01. The molecule has 0 aromatic carbocycles. The van der Waals surface area contributed by atoms with Gasteiger partial charge in [0.2, 0.25) is 0 Å². The van der Waals surface area contributed by atoms with E-state index in [0.29, 0.717) is 0 Å². The first-order valence-corrected chi connectivity index (χ1v) is 6.82. The summed E-state index contributed by atoms with van der Waals surface area (Å²) in [6.07, 6.45) is 2.64. The normalized spacial score (nSPS) is 14.4. The van der Waals surface area contributed by atoms with Crippen LogP contribution in [0.1, 0.15) is 31.7 Å². The number of fused-ring (bicyclic) bond motifs is 1. The lowest BCUT2D eigenvalue weighted by Gasteiger charge is -2.19. The Bertz CT molecular complexity index is 451. The average molecular weight is 250 g/mol. The van der Waals surface area contributed by atoms with Crippen LogP contribution in [-0.2, 0) is 12.8 Å². The molecule has 0 saturated heterocycles. The van der Waals surface area contributed by atoms with Gasteiger partial charge in [0.05, 0.1) is 5.56 Å². The molecular formula is C13H22N4O. The molecule has 1 aromatic heterocycles. The van der Waals surface area contributed by atoms with Crippen LogP contribution in [0.2, 0.25) is 0 Å². The third-order valence-electron chi connectivity index (χ3n) is 3.52. The van der Waals surface area contributed by atoms with Crippen molar-refractivity contribution in [3.63, 3.8) is 0 Å². The summed E-state index contributed by atoms with van der Waals surface area (Å²) in [6, 6.07) is 0. The van der Waals surface area contributed by atoms with Crippen LogP contribution < -0.4 is 10.9 Å². The van der Waals surface area contributed by atoms with Gasteiger partial charge in [-0.05, 0) is 25.9 Å². The van der Waals surface area contributed by atoms with Crippen molar-refractivity contribution in [2.24, 2.45) is 0 Å². The fourth-order valence-corrected chi connectivity index (χ4v) is 2.32. The molecule has 2 rings (SSSR count). The fourth-order valence-electron chi connectivity index (χ4n) is 2.32. The molecule has 0 radical (unpaired) electrons. The van der Waals surface area contributed by atoms with Gasteiger partial charge in [-0.1, -0.05) is 13.8 Å². The molecule has 0 amide bonds. The highest BCUT2D eigenvalue weighted by molar-refractivity contribution is 5.45. The number of nitrogens with one attached hydrogen (secondary N) is 2. The second-order valence-corrected chi connectivity index (χ2v) is 4.65. The smallest absolute Gasteiger partial charge is 0.256 e. The van der Waals surface area contributed by atoms with Crippen molar-refractivity contribution in [3.8, 4) is 0 Å². The number of hydrogen-bond acceptors (Lipinski definition) is 4. The summed E-state index contributed by atoms with van der Waals surface area (Å²) in [5, 5.41) is 3.21. The van der Waals surface area contributed by atoms with E-state index >= 15 is 0 Å². The number of rotatable bonds is 5. The summed E-state index contributed by atoms with van der Waals surface area (Å²) in [5.74, 6) is 1.58. The van der Waals surface area contributed by atoms with Gasteiger partial charge in [0.1, 0.15) is 11.6 Å². The number of likely N-dealkylation sites (N-methyl/N-ethyl adjacent to an activating group) is 1. The van der Waals surface area contributed by atoms with Gasteiger partial charge in [-0.15, -0.1) is 0 Å². The molecule has 0 spiro atoms. The van der Waals surface area contributed by atoms with Gasteiger partial charge in [-0.3, -0.25) is 4.79 Å². The summed E-state index contributed by atoms with van der Waals surface area (Å²) in [4.78, 5) is 21.7. The fraction of sp³-hybridized carbons (Fsp3) is 0.692. The lowest BCUT2D eigenvalue weighted by molar-refractivity contribution is 0.305. The zero-order valence-electron chi connectivity index (χ0n) is 11.3. The Kier molecular flexibility index (Phi) is 4.36. The van der Waals surface area contributed by atoms with Crippen LogP contribution >= 0.6 is 0 Å². The standard InChI is InChI=1S/C13H22N4O/c1-3-17(4-2)9-7-11-15-12-10(13(18)16-11)6-5-8-14-12/h3-9H2,1-2H3,(H2,14,15,16,18). The van der Waals surface area contributed by atoms with E-state index in [-0.39, 0.29) is 5.56 Å². The maximum absolute atomic E-state index is 11.9. The summed E-state index contributed by atoms with van der Waals surface area (Å²) in [7, 11) is 0. The maximum atomic E-state index is 11.9. The highest BCUT2D eigenvalue weighted by Gasteiger charge is 2.15. The molecule has 2 N–H and O–H groups in total. The van der Waals surface area contributed by atoms with Crippen molar-refractivity contribution in [2.75, 3.05) is 31.5 Å². The van der Waals surface area contributed by atoms with Crippen molar-refractivity contribution in [2.45, 2.75) is 33.1 Å². The van der Waals surface area contributed by atoms with Crippen molar-refractivity contribution in [3.05, 3.63) is 21.7 Å². The second kappa shape index (κ2) is 6.00. The lowest BCUT2D eigenvalue weighted by Crippen LogP contribution is -2.28. The number of aromatic amines is 1. The molecule has 0 bridgehead atoms. The molecule has 2 heterocycles. The van der Waals surface area contributed by atoms with Crippen molar-refractivity contribution in [1.82, 2.24) is 14.9 Å². The Balaban J connectivity index is 2.10. The molecule has 0 unspecified atom stereocenters. The molecule has 1 aromatic rings. The van der Waals surface area contributed by atoms with E-state index in [2.05, 4.69) is 34.0 Å². The Morgan fingerprint density at radius 3 is 2.83 bits per heavy atom. The number of aromatic nitrogens is 2. The van der Waals surface area contributed by atoms with Crippen molar-refractivity contribution < 1.29 is 0 Å². The third kappa shape index (κ3) is 2.90. The number of nitrogens with zero attached hydrogens (tertiary/aromatic N) is 2. The maximum Gasteiger partial charge on any atom is 0.256 e. The third-order valence-corrected chi connectivity index (χ3v) is 3.52. The van der Waals surface area contributed by atoms with Crippen LogP contribution in [0.25, 0.3) is 0 Å². The minimum Gasteiger partial charge on any atom is -0.370 e. The highest BCUT2D eigenvalue weighted by atomic mass is 16.1. The zero-order valence-corrected chi connectivity index (χ0v) is 11.3. The average Bonchev–Trinajstić information content (AvgIpc) is 2.40. The quantitative estimate of drug-likeness (QED) is 0.819. The molecule has 0 aliphatic carbocycles. The van der Waals surface area contributed by atoms with Crippen LogP contribution in [0.3, 0.4) is 0 Å². The monoisotopic (exact) mass is 250 g/mol. The van der Waals surface area contributed by atoms with E-state index < -0.39 is 0 Å². The van der Waals surface area contributed by atoms with Crippen LogP contribution in [0.5, 0.6) is 0 Å². The van der Waals surface area contributed by atoms with Gasteiger partial charge in [-0.25, -0.2) is 4.98 Å². The van der Waals surface area contributed by atoms with E-state index in [9.17, 15) is 4.79 Å². The van der Waals surface area contributed by atoms with E-state index in [1.54, 1.807) is 0 Å². The zero-order chi connectivity index (χ0) is 13.0. The van der Waals surface area contributed by atoms with Gasteiger partial charge in [-0.2, -0.15) is 0 Å². The van der Waals surface area contributed by atoms with Crippen LogP contribution in [0.15, 0.2) is 4.79 Å². The Morgan fingerprint density at radius 1 is 1.33 bits per heavy atom. The molecule has 5 nitrogen and oxygen atoms in total. The van der Waals surface area contributed by atoms with Crippen LogP contribution in [0, 0.1) is 0 Å². The Morgan fingerprint density at radius 2 is 2.11 bits per heavy atom. The first-order valence-electron chi connectivity index (χ1n) is 6.82. The van der Waals surface area contributed by atoms with Gasteiger partial charge in [0, 0.05) is 19.5 Å². The molecule has 1 aliphatic heterocycles. The molecule has 18 heavy (non-hydrogen) atoms. The minimum atomic E-state index is 0.0294. The van der Waals surface area contributed by atoms with Gasteiger partial charge < -0.3 is 15.2 Å². The van der Waals surface area contributed by atoms with Gasteiger partial charge in [0.25, 0.3) is 5.56 Å².